The zero-order valence-corrected chi connectivity index (χ0v) is 28.8. The van der Waals surface area contributed by atoms with E-state index in [1.165, 1.54) is 36.3 Å². The Morgan fingerprint density at radius 2 is 1.78 bits per heavy atom. The highest BCUT2D eigenvalue weighted by atomic mass is 35.5. The first-order valence-corrected chi connectivity index (χ1v) is 16.8. The Kier molecular flexibility index (Phi) is 12.1. The van der Waals surface area contributed by atoms with E-state index in [1.807, 2.05) is 0 Å². The summed E-state index contributed by atoms with van der Waals surface area (Å²) in [6.07, 6.45) is -3.28. The van der Waals surface area contributed by atoms with Gasteiger partial charge in [-0.15, -0.1) is 0 Å². The number of methoxy groups -OCH3 is 1. The predicted molar refractivity (Wildman–Crippen MR) is 185 cm³/mol. The number of carboxylic acid groups (broad SMARTS) is 1. The first-order valence-electron chi connectivity index (χ1n) is 15.2. The van der Waals surface area contributed by atoms with E-state index in [0.29, 0.717) is 43.2 Å². The van der Waals surface area contributed by atoms with Gasteiger partial charge < -0.3 is 24.1 Å². The Hall–Kier alpha value is -4.15. The van der Waals surface area contributed by atoms with Crippen molar-refractivity contribution in [2.45, 2.75) is 12.6 Å². The fourth-order valence-electron chi connectivity index (χ4n) is 5.09. The highest BCUT2D eigenvalue weighted by Gasteiger charge is 2.33. The van der Waals surface area contributed by atoms with Crippen molar-refractivity contribution < 1.29 is 51.6 Å². The van der Waals surface area contributed by atoms with Gasteiger partial charge in [-0.2, -0.15) is 13.2 Å². The van der Waals surface area contributed by atoms with Gasteiger partial charge in [0.2, 0.25) is 0 Å². The maximum absolute atomic E-state index is 13.5. The third-order valence-corrected chi connectivity index (χ3v) is 9.42. The minimum Gasteiger partial charge on any atom is -0.493 e. The number of halogens is 4. The minimum absolute atomic E-state index is 0.00897. The van der Waals surface area contributed by atoms with Crippen molar-refractivity contribution in [1.29, 1.82) is 0 Å². The number of aromatic carboxylic acids is 1. The molecule has 5 rings (SSSR count). The van der Waals surface area contributed by atoms with Crippen LogP contribution in [0.4, 0.5) is 13.2 Å². The first-order chi connectivity index (χ1) is 23.8. The Morgan fingerprint density at radius 3 is 2.48 bits per heavy atom. The Bertz CT molecular complexity index is 1830. The molecule has 2 fully saturated rings. The van der Waals surface area contributed by atoms with Crippen LogP contribution in [0.2, 0.25) is 5.02 Å². The van der Waals surface area contributed by atoms with Gasteiger partial charge in [0.15, 0.2) is 11.5 Å². The molecule has 0 unspecified atom stereocenters. The van der Waals surface area contributed by atoms with Crippen LogP contribution in [0.25, 0.3) is 17.2 Å². The molecule has 264 valence electrons. The van der Waals surface area contributed by atoms with Crippen molar-refractivity contribution in [1.82, 2.24) is 9.80 Å². The molecule has 1 amide bonds. The minimum atomic E-state index is -4.58. The smallest absolute Gasteiger partial charge is 0.416 e. The summed E-state index contributed by atoms with van der Waals surface area (Å²) in [6.45, 7) is 3.54. The number of hydrogen-bond acceptors (Lipinski definition) is 10. The molecule has 2 aliphatic rings. The lowest BCUT2D eigenvalue weighted by Gasteiger charge is -2.26. The topological polar surface area (TPSA) is 115 Å². The molecule has 0 aromatic heterocycles. The quantitative estimate of drug-likeness (QED) is 0.0930. The van der Waals surface area contributed by atoms with Crippen molar-refractivity contribution in [2.24, 2.45) is 0 Å². The lowest BCUT2D eigenvalue weighted by atomic mass is 9.99. The molecule has 2 aliphatic heterocycles. The van der Waals surface area contributed by atoms with Gasteiger partial charge in [0.1, 0.15) is 16.7 Å². The molecule has 2 heterocycles. The number of carbonyl (C=O) groups is 3. The molecule has 0 saturated carbocycles. The number of thiocarbonyl (C=S) groups is 1. The van der Waals surface area contributed by atoms with Crippen molar-refractivity contribution in [3.63, 3.8) is 0 Å². The summed E-state index contributed by atoms with van der Waals surface area (Å²) in [7, 11) is 1.30. The van der Waals surface area contributed by atoms with Crippen LogP contribution in [0.15, 0.2) is 59.5 Å². The van der Waals surface area contributed by atoms with E-state index >= 15 is 0 Å². The summed E-state index contributed by atoms with van der Waals surface area (Å²) in [6, 6.07) is 11.6. The van der Waals surface area contributed by atoms with Crippen LogP contribution >= 0.6 is 35.6 Å². The molecular weight excluding hydrogens is 721 g/mol. The highest BCUT2D eigenvalue weighted by molar-refractivity contribution is 8.26. The molecular formula is C34H30ClF3N2O8S2. The second kappa shape index (κ2) is 16.2. The lowest BCUT2D eigenvalue weighted by molar-refractivity contribution is -0.137. The van der Waals surface area contributed by atoms with Crippen LogP contribution < -0.4 is 14.2 Å². The monoisotopic (exact) mass is 750 g/mol. The van der Waals surface area contributed by atoms with Gasteiger partial charge >= 0.3 is 18.1 Å². The third kappa shape index (κ3) is 9.14. The molecule has 0 bridgehead atoms. The molecule has 1 N–H and O–H groups in total. The number of benzene rings is 3. The Balaban J connectivity index is 1.35. The van der Waals surface area contributed by atoms with Crippen molar-refractivity contribution in [3.8, 4) is 28.4 Å². The lowest BCUT2D eigenvalue weighted by Crippen LogP contribution is -2.38. The molecule has 0 aliphatic carbocycles. The summed E-state index contributed by atoms with van der Waals surface area (Å²) >= 11 is 12.8. The van der Waals surface area contributed by atoms with Crippen LogP contribution in [-0.2, 0) is 20.5 Å². The number of hydrogen-bond donors (Lipinski definition) is 1. The molecule has 0 radical (unpaired) electrons. The summed E-state index contributed by atoms with van der Waals surface area (Å²) in [5.41, 5.74) is 0.0171. The molecule has 0 atom stereocenters. The Morgan fingerprint density at radius 1 is 1.04 bits per heavy atom. The number of carboxylic acids is 1. The van der Waals surface area contributed by atoms with E-state index in [9.17, 15) is 32.7 Å². The third-order valence-electron chi connectivity index (χ3n) is 7.72. The number of morpholine rings is 1. The number of ether oxygens (including phenoxy) is 4. The standard InChI is InChI=1S/C34H30ClF3N2O8S2/c1-45-28-17-21(32(43)44)3-7-27(28)48-30(41)8-9-40-31(42)29(50-33(40)49)18-22-16-20(24-19-23(34(36,37)38)4-5-25(24)35)2-6-26(22)47-15-12-39-10-13-46-14-11-39/h2-7,16-19H,8-15H2,1H3,(H,43,44)/b29-18-. The molecule has 50 heavy (non-hydrogen) atoms. The van der Waals surface area contributed by atoms with E-state index in [0.717, 1.165) is 37.0 Å². The Labute approximate surface area is 299 Å². The molecule has 0 spiro atoms. The second-order valence-electron chi connectivity index (χ2n) is 11.0. The fraction of sp³-hybridized carbons (Fsp3) is 0.294. The normalized spacial score (nSPS) is 16.2. The van der Waals surface area contributed by atoms with Gasteiger partial charge in [0.25, 0.3) is 5.91 Å². The fourth-order valence-corrected chi connectivity index (χ4v) is 6.61. The molecule has 3 aromatic rings. The van der Waals surface area contributed by atoms with E-state index in [1.54, 1.807) is 24.3 Å². The molecule has 2 saturated heterocycles. The van der Waals surface area contributed by atoms with Crippen LogP contribution in [0.5, 0.6) is 17.2 Å². The SMILES string of the molecule is COc1cc(C(=O)O)ccc1OC(=O)CCN1C(=O)/C(=C/c2cc(-c3cc(C(F)(F)F)ccc3Cl)ccc2OCCN2CCOCC2)SC1=S. The number of esters is 1. The average molecular weight is 751 g/mol. The van der Waals surface area contributed by atoms with Crippen molar-refractivity contribution in [3.05, 3.63) is 81.2 Å². The van der Waals surface area contributed by atoms with Crippen LogP contribution in [-0.4, -0.2) is 90.2 Å². The maximum Gasteiger partial charge on any atom is 0.416 e. The van der Waals surface area contributed by atoms with Gasteiger partial charge in [-0.25, -0.2) is 4.79 Å². The number of rotatable bonds is 12. The molecule has 16 heteroatoms. The van der Waals surface area contributed by atoms with Crippen LogP contribution in [0.3, 0.4) is 0 Å². The van der Waals surface area contributed by atoms with Gasteiger partial charge in [0, 0.05) is 42.3 Å². The molecule has 10 nitrogen and oxygen atoms in total. The van der Waals surface area contributed by atoms with E-state index < -0.39 is 29.6 Å². The zero-order chi connectivity index (χ0) is 36.0. The largest absolute Gasteiger partial charge is 0.493 e. The summed E-state index contributed by atoms with van der Waals surface area (Å²) in [4.78, 5) is 41.1. The highest BCUT2D eigenvalue weighted by Crippen LogP contribution is 2.39. The predicted octanol–water partition coefficient (Wildman–Crippen LogP) is 6.64. The molecule has 3 aromatic carbocycles. The number of carbonyl (C=O) groups excluding carboxylic acids is 2. The number of alkyl halides is 3. The van der Waals surface area contributed by atoms with Gasteiger partial charge in [-0.05, 0) is 60.2 Å². The van der Waals surface area contributed by atoms with Gasteiger partial charge in [-0.3, -0.25) is 19.4 Å². The number of thioether (sulfide) groups is 1. The maximum atomic E-state index is 13.5. The van der Waals surface area contributed by atoms with Gasteiger partial charge in [-0.1, -0.05) is 41.6 Å². The van der Waals surface area contributed by atoms with Crippen molar-refractivity contribution >= 4 is 63.8 Å². The van der Waals surface area contributed by atoms with Gasteiger partial charge in [0.05, 0.1) is 42.8 Å². The van der Waals surface area contributed by atoms with E-state index in [2.05, 4.69) is 4.90 Å². The average Bonchev–Trinajstić information content (AvgIpc) is 3.35. The summed E-state index contributed by atoms with van der Waals surface area (Å²) < 4.78 is 62.8. The summed E-state index contributed by atoms with van der Waals surface area (Å²) in [5.74, 6) is -1.94. The van der Waals surface area contributed by atoms with E-state index in [-0.39, 0.29) is 49.8 Å². The van der Waals surface area contributed by atoms with Crippen LogP contribution in [0.1, 0.15) is 27.9 Å². The summed E-state index contributed by atoms with van der Waals surface area (Å²) in [5, 5.41) is 9.30. The van der Waals surface area contributed by atoms with Crippen molar-refractivity contribution in [2.75, 3.05) is 53.1 Å². The zero-order valence-electron chi connectivity index (χ0n) is 26.5. The number of nitrogens with zero attached hydrogens (tertiary/aromatic N) is 2. The number of amides is 1. The second-order valence-corrected chi connectivity index (χ2v) is 13.1. The van der Waals surface area contributed by atoms with Crippen LogP contribution in [0, 0.1) is 0 Å². The first kappa shape index (κ1) is 37.1. The van der Waals surface area contributed by atoms with E-state index in [4.69, 9.17) is 42.8 Å².